The highest BCUT2D eigenvalue weighted by atomic mass is 32.2. The lowest BCUT2D eigenvalue weighted by Crippen LogP contribution is -2.23. The van der Waals surface area contributed by atoms with Gasteiger partial charge in [-0.05, 0) is 38.1 Å². The van der Waals surface area contributed by atoms with Gasteiger partial charge < -0.3 is 18.8 Å². The number of rotatable bonds is 7. The van der Waals surface area contributed by atoms with Crippen molar-refractivity contribution in [2.45, 2.75) is 25.3 Å². The van der Waals surface area contributed by atoms with Crippen LogP contribution >= 0.6 is 11.3 Å². The van der Waals surface area contributed by atoms with E-state index in [9.17, 15) is 13.2 Å². The molecule has 0 aliphatic rings. The molecule has 0 bridgehead atoms. The molecule has 3 aromatic rings. The number of esters is 1. The first-order valence-corrected chi connectivity index (χ1v) is 11.3. The summed E-state index contributed by atoms with van der Waals surface area (Å²) < 4.78 is 47.8. The average Bonchev–Trinajstić information content (AvgIpc) is 3.05. The molecule has 0 spiro atoms. The first-order valence-electron chi connectivity index (χ1n) is 9.08. The van der Waals surface area contributed by atoms with Crippen LogP contribution in [0.5, 0.6) is 11.5 Å². The van der Waals surface area contributed by atoms with E-state index in [-0.39, 0.29) is 22.8 Å². The number of aromatic nitrogens is 1. The van der Waals surface area contributed by atoms with E-state index < -0.39 is 16.0 Å². The Morgan fingerprint density at radius 3 is 2.30 bits per heavy atom. The van der Waals surface area contributed by atoms with Crippen LogP contribution < -0.4 is 14.3 Å². The number of nitrogens with zero attached hydrogens (tertiary/aromatic N) is 2. The highest BCUT2D eigenvalue weighted by Gasteiger charge is 2.20. The molecule has 0 fully saturated rings. The molecular formula is C20H22N2O6S2. The Balaban J connectivity index is 2.30. The second-order valence-corrected chi connectivity index (χ2v) is 8.88. The van der Waals surface area contributed by atoms with E-state index in [4.69, 9.17) is 14.2 Å². The minimum Gasteiger partial charge on any atom is -0.495 e. The summed E-state index contributed by atoms with van der Waals surface area (Å²) in [6, 6.07) is 9.80. The van der Waals surface area contributed by atoms with Gasteiger partial charge >= 0.3 is 5.97 Å². The Morgan fingerprint density at radius 2 is 1.70 bits per heavy atom. The summed E-state index contributed by atoms with van der Waals surface area (Å²) in [5, 5.41) is 0. The SMILES string of the molecule is CCOC(=O)Cn1c(=NS(=O)(=O)c2ccc(C)cc2)sc2c(OC)ccc(OC)c21. The fraction of sp³-hybridized carbons (Fsp3) is 0.300. The zero-order chi connectivity index (χ0) is 21.9. The van der Waals surface area contributed by atoms with Crippen molar-refractivity contribution in [3.8, 4) is 11.5 Å². The molecule has 0 amide bonds. The number of sulfonamides is 1. The summed E-state index contributed by atoms with van der Waals surface area (Å²) in [7, 11) is -1.00. The van der Waals surface area contributed by atoms with Crippen LogP contribution in [0.1, 0.15) is 12.5 Å². The van der Waals surface area contributed by atoms with Crippen LogP contribution in [-0.2, 0) is 26.1 Å². The molecule has 0 radical (unpaired) electrons. The minimum absolute atomic E-state index is 0.0622. The van der Waals surface area contributed by atoms with Gasteiger partial charge in [0.25, 0.3) is 10.0 Å². The van der Waals surface area contributed by atoms with E-state index in [1.54, 1.807) is 31.2 Å². The minimum atomic E-state index is -4.01. The zero-order valence-corrected chi connectivity index (χ0v) is 18.7. The van der Waals surface area contributed by atoms with Crippen LogP contribution in [0, 0.1) is 6.92 Å². The third kappa shape index (κ3) is 4.34. The van der Waals surface area contributed by atoms with Crippen molar-refractivity contribution >= 4 is 37.5 Å². The number of thiazole rings is 1. The third-order valence-corrected chi connectivity index (χ3v) is 6.79. The first kappa shape index (κ1) is 21.8. The molecule has 30 heavy (non-hydrogen) atoms. The highest BCUT2D eigenvalue weighted by Crippen LogP contribution is 2.35. The number of hydrogen-bond acceptors (Lipinski definition) is 7. The van der Waals surface area contributed by atoms with Crippen molar-refractivity contribution in [3.05, 3.63) is 46.8 Å². The molecule has 0 N–H and O–H groups in total. The standard InChI is InChI=1S/C20H22N2O6S2/c1-5-28-17(23)12-22-18-15(26-3)10-11-16(27-4)19(18)29-20(22)21-30(24,25)14-8-6-13(2)7-9-14/h6-11H,5,12H2,1-4H3. The molecule has 0 atom stereocenters. The van der Waals surface area contributed by atoms with Crippen molar-refractivity contribution in [2.24, 2.45) is 4.40 Å². The maximum atomic E-state index is 12.9. The monoisotopic (exact) mass is 450 g/mol. The number of methoxy groups -OCH3 is 2. The van der Waals surface area contributed by atoms with Gasteiger partial charge in [0.05, 0.1) is 25.7 Å². The van der Waals surface area contributed by atoms with Crippen molar-refractivity contribution in [2.75, 3.05) is 20.8 Å². The molecule has 1 aromatic heterocycles. The number of benzene rings is 2. The molecule has 160 valence electrons. The first-order chi connectivity index (χ1) is 14.3. The van der Waals surface area contributed by atoms with Gasteiger partial charge in [-0.3, -0.25) is 4.79 Å². The van der Waals surface area contributed by atoms with E-state index in [2.05, 4.69) is 4.40 Å². The quantitative estimate of drug-likeness (QED) is 0.514. The van der Waals surface area contributed by atoms with Gasteiger partial charge in [-0.25, -0.2) is 0 Å². The fourth-order valence-corrected chi connectivity index (χ4v) is 5.21. The summed E-state index contributed by atoms with van der Waals surface area (Å²) >= 11 is 1.09. The molecule has 0 aliphatic carbocycles. The largest absolute Gasteiger partial charge is 0.495 e. The number of carbonyl (C=O) groups is 1. The molecule has 2 aromatic carbocycles. The van der Waals surface area contributed by atoms with Crippen LogP contribution in [0.3, 0.4) is 0 Å². The molecule has 1 heterocycles. The van der Waals surface area contributed by atoms with Crippen LogP contribution in [-0.4, -0.2) is 39.8 Å². The van der Waals surface area contributed by atoms with E-state index in [1.807, 2.05) is 6.92 Å². The number of fused-ring (bicyclic) bond motifs is 1. The summed E-state index contributed by atoms with van der Waals surface area (Å²) in [4.78, 5) is 12.4. The van der Waals surface area contributed by atoms with Crippen LogP contribution in [0.25, 0.3) is 10.2 Å². The second-order valence-electron chi connectivity index (χ2n) is 6.30. The molecule has 0 saturated carbocycles. The van der Waals surface area contributed by atoms with Crippen LogP contribution in [0.4, 0.5) is 0 Å². The summed E-state index contributed by atoms with van der Waals surface area (Å²) in [6.07, 6.45) is 0. The predicted octanol–water partition coefficient (Wildman–Crippen LogP) is 2.88. The number of ether oxygens (including phenoxy) is 3. The molecule has 0 unspecified atom stereocenters. The van der Waals surface area contributed by atoms with Crippen molar-refractivity contribution in [1.29, 1.82) is 0 Å². The Bertz CT molecular complexity index is 1240. The normalized spacial score (nSPS) is 12.2. The Hall–Kier alpha value is -2.85. The van der Waals surface area contributed by atoms with Crippen molar-refractivity contribution < 1.29 is 27.4 Å². The lowest BCUT2D eigenvalue weighted by Gasteiger charge is -2.10. The smallest absolute Gasteiger partial charge is 0.326 e. The molecular weight excluding hydrogens is 428 g/mol. The van der Waals surface area contributed by atoms with Gasteiger partial charge in [0.15, 0.2) is 0 Å². The van der Waals surface area contributed by atoms with E-state index in [1.165, 1.54) is 30.9 Å². The van der Waals surface area contributed by atoms with Gasteiger partial charge in [-0.2, -0.15) is 8.42 Å². The maximum absolute atomic E-state index is 12.9. The predicted molar refractivity (Wildman–Crippen MR) is 113 cm³/mol. The highest BCUT2D eigenvalue weighted by molar-refractivity contribution is 7.90. The lowest BCUT2D eigenvalue weighted by molar-refractivity contribution is -0.143. The molecule has 0 saturated heterocycles. The molecule has 3 rings (SSSR count). The van der Waals surface area contributed by atoms with Crippen LogP contribution in [0.15, 0.2) is 45.7 Å². The summed E-state index contributed by atoms with van der Waals surface area (Å²) in [5.74, 6) is 0.458. The summed E-state index contributed by atoms with van der Waals surface area (Å²) in [5.41, 5.74) is 1.44. The van der Waals surface area contributed by atoms with Gasteiger partial charge in [-0.1, -0.05) is 29.0 Å². The van der Waals surface area contributed by atoms with Gasteiger partial charge in [-0.15, -0.1) is 4.40 Å². The van der Waals surface area contributed by atoms with Crippen molar-refractivity contribution in [3.63, 3.8) is 0 Å². The van der Waals surface area contributed by atoms with Gasteiger partial charge in [0.1, 0.15) is 28.3 Å². The molecule has 8 nitrogen and oxygen atoms in total. The lowest BCUT2D eigenvalue weighted by atomic mass is 10.2. The van der Waals surface area contributed by atoms with E-state index in [0.29, 0.717) is 21.7 Å². The Kier molecular flexibility index (Phi) is 6.47. The third-order valence-electron chi connectivity index (χ3n) is 4.30. The summed E-state index contributed by atoms with van der Waals surface area (Å²) in [6.45, 7) is 3.55. The second kappa shape index (κ2) is 8.88. The van der Waals surface area contributed by atoms with Crippen LogP contribution in [0.2, 0.25) is 0 Å². The average molecular weight is 451 g/mol. The Morgan fingerprint density at radius 1 is 1.07 bits per heavy atom. The van der Waals surface area contributed by atoms with E-state index >= 15 is 0 Å². The molecule has 10 heteroatoms. The fourth-order valence-electron chi connectivity index (χ4n) is 2.87. The maximum Gasteiger partial charge on any atom is 0.326 e. The van der Waals surface area contributed by atoms with E-state index in [0.717, 1.165) is 16.9 Å². The zero-order valence-electron chi connectivity index (χ0n) is 17.0. The molecule has 0 aliphatic heterocycles. The number of carbonyl (C=O) groups excluding carboxylic acids is 1. The number of aryl methyl sites for hydroxylation is 1. The van der Waals surface area contributed by atoms with Gasteiger partial charge in [0.2, 0.25) is 4.80 Å². The van der Waals surface area contributed by atoms with Crippen molar-refractivity contribution in [1.82, 2.24) is 4.57 Å². The van der Waals surface area contributed by atoms with Gasteiger partial charge in [0, 0.05) is 0 Å². The topological polar surface area (TPSA) is 96.2 Å². The Labute approximate surface area is 178 Å². The number of hydrogen-bond donors (Lipinski definition) is 0.